The molecule has 4 heteroatoms. The highest BCUT2D eigenvalue weighted by atomic mass is 16.5. The van der Waals surface area contributed by atoms with E-state index in [0.29, 0.717) is 6.61 Å². The molecule has 4 rings (SSSR count). The Labute approximate surface area is 207 Å². The van der Waals surface area contributed by atoms with Gasteiger partial charge in [-0.3, -0.25) is 4.79 Å². The third-order valence-electron chi connectivity index (χ3n) is 6.28. The van der Waals surface area contributed by atoms with Crippen molar-refractivity contribution >= 4 is 5.91 Å². The Morgan fingerprint density at radius 1 is 0.800 bits per heavy atom. The van der Waals surface area contributed by atoms with Crippen LogP contribution in [0.4, 0.5) is 0 Å². The zero-order chi connectivity index (χ0) is 24.6. The van der Waals surface area contributed by atoms with Crippen molar-refractivity contribution in [3.63, 3.8) is 0 Å². The van der Waals surface area contributed by atoms with Crippen LogP contribution in [0.15, 0.2) is 109 Å². The summed E-state index contributed by atoms with van der Waals surface area (Å²) in [5, 5.41) is 10.8. The van der Waals surface area contributed by atoms with E-state index in [9.17, 15) is 9.90 Å². The van der Waals surface area contributed by atoms with Crippen molar-refractivity contribution in [2.45, 2.75) is 32.1 Å². The second-order valence-corrected chi connectivity index (χ2v) is 8.78. The van der Waals surface area contributed by atoms with Gasteiger partial charge in [-0.1, -0.05) is 97.1 Å². The Balaban J connectivity index is 1.53. The van der Waals surface area contributed by atoms with Crippen molar-refractivity contribution in [1.82, 2.24) is 4.90 Å². The zero-order valence-electron chi connectivity index (χ0n) is 20.2. The van der Waals surface area contributed by atoms with E-state index in [2.05, 4.69) is 0 Å². The molecule has 0 spiro atoms. The van der Waals surface area contributed by atoms with Crippen LogP contribution < -0.4 is 4.74 Å². The molecular formula is C31H31NO3. The van der Waals surface area contributed by atoms with Gasteiger partial charge in [0.05, 0.1) is 18.6 Å². The Bertz CT molecular complexity index is 1230. The molecule has 0 radical (unpaired) electrons. The van der Waals surface area contributed by atoms with Gasteiger partial charge in [-0.25, -0.2) is 0 Å². The first kappa shape index (κ1) is 24.2. The van der Waals surface area contributed by atoms with Crippen LogP contribution >= 0.6 is 0 Å². The quantitative estimate of drug-likeness (QED) is 0.327. The Hall–Kier alpha value is -3.89. The average molecular weight is 466 g/mol. The summed E-state index contributed by atoms with van der Waals surface area (Å²) in [5.41, 5.74) is 4.81. The largest absolute Gasteiger partial charge is 0.489 e. The first-order chi connectivity index (χ1) is 17.0. The molecule has 0 aromatic heterocycles. The highest BCUT2D eigenvalue weighted by Crippen LogP contribution is 2.28. The fourth-order valence-electron chi connectivity index (χ4n) is 4.05. The maximum absolute atomic E-state index is 13.2. The van der Waals surface area contributed by atoms with Crippen LogP contribution in [0.1, 0.15) is 29.7 Å². The number of amides is 1. The molecule has 0 fully saturated rings. The summed E-state index contributed by atoms with van der Waals surface area (Å²) >= 11 is 0. The van der Waals surface area contributed by atoms with Gasteiger partial charge in [-0.05, 0) is 46.9 Å². The van der Waals surface area contributed by atoms with Gasteiger partial charge in [-0.15, -0.1) is 0 Å². The van der Waals surface area contributed by atoms with Crippen molar-refractivity contribution in [1.29, 1.82) is 0 Å². The van der Waals surface area contributed by atoms with Gasteiger partial charge in [0, 0.05) is 7.05 Å². The van der Waals surface area contributed by atoms with Crippen LogP contribution in [0.5, 0.6) is 5.75 Å². The van der Waals surface area contributed by atoms with Crippen molar-refractivity contribution in [3.8, 4) is 16.9 Å². The lowest BCUT2D eigenvalue weighted by Gasteiger charge is -2.29. The average Bonchev–Trinajstić information content (AvgIpc) is 2.92. The third-order valence-corrected chi connectivity index (χ3v) is 6.28. The number of rotatable bonds is 9. The van der Waals surface area contributed by atoms with Crippen LogP contribution in [0.25, 0.3) is 11.1 Å². The molecule has 4 aromatic carbocycles. The highest BCUT2D eigenvalue weighted by molar-refractivity contribution is 5.80. The lowest BCUT2D eigenvalue weighted by molar-refractivity contribution is -0.133. The van der Waals surface area contributed by atoms with Crippen molar-refractivity contribution in [2.24, 2.45) is 0 Å². The lowest BCUT2D eigenvalue weighted by Crippen LogP contribution is -2.39. The van der Waals surface area contributed by atoms with Crippen LogP contribution in [-0.2, 0) is 17.8 Å². The minimum absolute atomic E-state index is 0.0632. The van der Waals surface area contributed by atoms with Gasteiger partial charge in [0.2, 0.25) is 5.91 Å². The smallest absolute Gasteiger partial charge is 0.227 e. The topological polar surface area (TPSA) is 49.8 Å². The summed E-state index contributed by atoms with van der Waals surface area (Å²) < 4.78 is 6.12. The molecule has 1 N–H and O–H groups in total. The number of aliphatic hydroxyl groups is 1. The maximum Gasteiger partial charge on any atom is 0.227 e. The number of nitrogens with zero attached hydrogens (tertiary/aromatic N) is 1. The normalized spacial score (nSPS) is 12.5. The van der Waals surface area contributed by atoms with Gasteiger partial charge in [0.15, 0.2) is 0 Å². The Morgan fingerprint density at radius 3 is 2.06 bits per heavy atom. The van der Waals surface area contributed by atoms with Gasteiger partial charge in [0.1, 0.15) is 12.4 Å². The van der Waals surface area contributed by atoms with Crippen molar-refractivity contribution < 1.29 is 14.6 Å². The van der Waals surface area contributed by atoms with E-state index in [-0.39, 0.29) is 18.4 Å². The minimum Gasteiger partial charge on any atom is -0.489 e. The summed E-state index contributed by atoms with van der Waals surface area (Å²) in [6.45, 7) is 2.32. The van der Waals surface area contributed by atoms with E-state index in [1.165, 1.54) is 0 Å². The summed E-state index contributed by atoms with van der Waals surface area (Å²) in [6.07, 6.45) is -0.546. The van der Waals surface area contributed by atoms with E-state index in [1.807, 2.05) is 116 Å². The summed E-state index contributed by atoms with van der Waals surface area (Å²) in [4.78, 5) is 14.8. The SMILES string of the molecule is C[C@H]([C@H](O)c1ccccc1)N(C)C(=O)Cc1cc(OCc2ccccc2)cc(-c2ccccc2)c1. The molecule has 0 saturated carbocycles. The summed E-state index contributed by atoms with van der Waals surface area (Å²) in [6, 6.07) is 35.1. The number of carbonyl (C=O) groups excluding carboxylic acids is 1. The summed E-state index contributed by atoms with van der Waals surface area (Å²) in [7, 11) is 1.74. The number of hydrogen-bond donors (Lipinski definition) is 1. The summed E-state index contributed by atoms with van der Waals surface area (Å²) in [5.74, 6) is 0.657. The van der Waals surface area contributed by atoms with Gasteiger partial charge >= 0.3 is 0 Å². The van der Waals surface area contributed by atoms with Crippen LogP contribution in [0, 0.1) is 0 Å². The molecule has 1 amide bonds. The molecule has 0 bridgehead atoms. The monoisotopic (exact) mass is 465 g/mol. The number of hydrogen-bond acceptors (Lipinski definition) is 3. The molecule has 4 aromatic rings. The number of benzene rings is 4. The van der Waals surface area contributed by atoms with E-state index < -0.39 is 6.10 Å². The molecular weight excluding hydrogens is 434 g/mol. The second kappa shape index (κ2) is 11.5. The number of ether oxygens (including phenoxy) is 1. The maximum atomic E-state index is 13.2. The van der Waals surface area contributed by atoms with Crippen LogP contribution in [0.2, 0.25) is 0 Å². The molecule has 35 heavy (non-hydrogen) atoms. The van der Waals surface area contributed by atoms with Gasteiger partial charge in [0.25, 0.3) is 0 Å². The molecule has 0 heterocycles. The van der Waals surface area contributed by atoms with Gasteiger partial charge in [-0.2, -0.15) is 0 Å². The van der Waals surface area contributed by atoms with Crippen LogP contribution in [-0.4, -0.2) is 29.0 Å². The second-order valence-electron chi connectivity index (χ2n) is 8.78. The number of likely N-dealkylation sites (N-methyl/N-ethyl adjacent to an activating group) is 1. The number of carbonyl (C=O) groups is 1. The zero-order valence-corrected chi connectivity index (χ0v) is 20.2. The molecule has 0 saturated heterocycles. The van der Waals surface area contributed by atoms with E-state index in [1.54, 1.807) is 11.9 Å². The molecule has 4 nitrogen and oxygen atoms in total. The first-order valence-corrected chi connectivity index (χ1v) is 11.9. The number of aliphatic hydroxyl groups excluding tert-OH is 1. The molecule has 0 aliphatic heterocycles. The predicted molar refractivity (Wildman–Crippen MR) is 140 cm³/mol. The molecule has 0 aliphatic carbocycles. The van der Waals surface area contributed by atoms with Crippen LogP contribution in [0.3, 0.4) is 0 Å². The minimum atomic E-state index is -0.759. The van der Waals surface area contributed by atoms with Crippen molar-refractivity contribution in [2.75, 3.05) is 7.05 Å². The first-order valence-electron chi connectivity index (χ1n) is 11.9. The molecule has 0 unspecified atom stereocenters. The van der Waals surface area contributed by atoms with Gasteiger partial charge < -0.3 is 14.7 Å². The fraction of sp³-hybridized carbons (Fsp3) is 0.194. The predicted octanol–water partition coefficient (Wildman–Crippen LogP) is 6.06. The Morgan fingerprint density at radius 2 is 1.40 bits per heavy atom. The fourth-order valence-corrected chi connectivity index (χ4v) is 4.05. The standard InChI is InChI=1S/C31H31NO3/c1-23(31(34)27-16-10-5-11-17-27)32(2)30(33)20-25-18-28(26-14-8-4-9-15-26)21-29(19-25)35-22-24-12-6-3-7-13-24/h3-19,21,23,31,34H,20,22H2,1-2H3/t23-,31+/m1/s1. The Kier molecular flexibility index (Phi) is 7.96. The van der Waals surface area contributed by atoms with E-state index >= 15 is 0 Å². The third kappa shape index (κ3) is 6.37. The highest BCUT2D eigenvalue weighted by Gasteiger charge is 2.24. The lowest BCUT2D eigenvalue weighted by atomic mass is 9.99. The molecule has 0 aliphatic rings. The molecule has 2 atom stereocenters. The van der Waals surface area contributed by atoms with E-state index in [0.717, 1.165) is 33.6 Å². The van der Waals surface area contributed by atoms with E-state index in [4.69, 9.17) is 4.74 Å². The molecule has 178 valence electrons. The van der Waals surface area contributed by atoms with Crippen molar-refractivity contribution in [3.05, 3.63) is 126 Å².